The summed E-state index contributed by atoms with van der Waals surface area (Å²) in [6.45, 7) is 0.468. The second-order valence-corrected chi connectivity index (χ2v) is 15.0. The zero-order valence-corrected chi connectivity index (χ0v) is 29.7. The number of benzene rings is 3. The van der Waals surface area contributed by atoms with Crippen LogP contribution in [0.25, 0.3) is 11.0 Å². The number of carbonyl (C=O) groups is 2. The number of methoxy groups -OCH3 is 1. The molecule has 13 nitrogen and oxygen atoms in total. The highest BCUT2D eigenvalue weighted by atomic mass is 32.2. The van der Waals surface area contributed by atoms with Gasteiger partial charge in [0.15, 0.2) is 5.76 Å². The number of amides is 2. The fourth-order valence-corrected chi connectivity index (χ4v) is 8.74. The molecule has 0 bridgehead atoms. The van der Waals surface area contributed by atoms with Crippen molar-refractivity contribution >= 4 is 38.5 Å². The van der Waals surface area contributed by atoms with Crippen LogP contribution < -0.4 is 15.0 Å². The van der Waals surface area contributed by atoms with Gasteiger partial charge in [-0.1, -0.05) is 36.4 Å². The second-order valence-electron chi connectivity index (χ2n) is 13.0. The third-order valence-corrected chi connectivity index (χ3v) is 12.1. The average molecular weight is 731 g/mol. The molecule has 2 amide bonds. The van der Waals surface area contributed by atoms with E-state index in [0.717, 1.165) is 20.9 Å². The Kier molecular flexibility index (Phi) is 10.2. The van der Waals surface area contributed by atoms with Crippen molar-refractivity contribution in [1.82, 2.24) is 14.5 Å². The number of allylic oxidation sites excluding steroid dienone is 1. The molecule has 3 aromatic carbocycles. The molecule has 3 aliphatic heterocycles. The molecular formula is C38H42N4O9S. The molecule has 0 saturated carbocycles. The van der Waals surface area contributed by atoms with Gasteiger partial charge in [-0.3, -0.25) is 9.59 Å². The molecule has 14 heteroatoms. The van der Waals surface area contributed by atoms with Crippen molar-refractivity contribution in [3.05, 3.63) is 103 Å². The lowest BCUT2D eigenvalue weighted by Crippen LogP contribution is -2.57. The van der Waals surface area contributed by atoms with Gasteiger partial charge >= 0.3 is 0 Å². The van der Waals surface area contributed by atoms with Crippen molar-refractivity contribution in [2.75, 3.05) is 58.1 Å². The molecule has 1 spiro atoms. The van der Waals surface area contributed by atoms with Gasteiger partial charge in [0, 0.05) is 55.2 Å². The molecule has 2 atom stereocenters. The van der Waals surface area contributed by atoms with Crippen LogP contribution in [0.4, 0.5) is 5.69 Å². The van der Waals surface area contributed by atoms with E-state index in [1.807, 2.05) is 54.6 Å². The Hall–Kier alpha value is -4.89. The van der Waals surface area contributed by atoms with Crippen molar-refractivity contribution in [2.45, 2.75) is 41.9 Å². The number of para-hydroxylation sites is 2. The van der Waals surface area contributed by atoms with Crippen molar-refractivity contribution in [3.63, 3.8) is 0 Å². The third kappa shape index (κ3) is 6.86. The number of anilines is 1. The average Bonchev–Trinajstić information content (AvgIpc) is 3.75. The number of hydrogen-bond acceptors (Lipinski definition) is 10. The lowest BCUT2D eigenvalue weighted by atomic mass is 9.85. The van der Waals surface area contributed by atoms with E-state index in [-0.39, 0.29) is 54.7 Å². The van der Waals surface area contributed by atoms with E-state index in [1.165, 1.54) is 19.2 Å². The summed E-state index contributed by atoms with van der Waals surface area (Å²) in [6.07, 6.45) is 3.85. The highest BCUT2D eigenvalue weighted by Crippen LogP contribution is 2.39. The third-order valence-electron chi connectivity index (χ3n) is 10.2. The van der Waals surface area contributed by atoms with Gasteiger partial charge in [0.2, 0.25) is 22.2 Å². The quantitative estimate of drug-likeness (QED) is 0.220. The van der Waals surface area contributed by atoms with Crippen LogP contribution in [-0.4, -0.2) is 99.5 Å². The Bertz CT molecular complexity index is 2030. The first-order valence-corrected chi connectivity index (χ1v) is 18.8. The van der Waals surface area contributed by atoms with Gasteiger partial charge in [-0.15, -0.1) is 0 Å². The maximum atomic E-state index is 14.1. The van der Waals surface area contributed by atoms with E-state index < -0.39 is 21.9 Å². The normalized spacial score (nSPS) is 20.2. The van der Waals surface area contributed by atoms with Crippen LogP contribution in [0.1, 0.15) is 30.7 Å². The smallest absolute Gasteiger partial charge is 0.288 e. The molecule has 3 aliphatic rings. The summed E-state index contributed by atoms with van der Waals surface area (Å²) in [5, 5.41) is 13.6. The number of fused-ring (bicyclic) bond motifs is 1. The summed E-state index contributed by atoms with van der Waals surface area (Å²) >= 11 is 0. The molecule has 0 unspecified atom stereocenters. The summed E-state index contributed by atoms with van der Waals surface area (Å²) < 4.78 is 51.4. The van der Waals surface area contributed by atoms with E-state index >= 15 is 0 Å². The largest absolute Gasteiger partial charge is 0.497 e. The van der Waals surface area contributed by atoms with Gasteiger partial charge in [0.1, 0.15) is 16.9 Å². The number of nitrogens with one attached hydrogen (secondary N) is 1. The van der Waals surface area contributed by atoms with E-state index in [4.69, 9.17) is 18.6 Å². The van der Waals surface area contributed by atoms with Crippen LogP contribution in [0.3, 0.4) is 0 Å². The van der Waals surface area contributed by atoms with Gasteiger partial charge in [-0.25, -0.2) is 8.42 Å². The van der Waals surface area contributed by atoms with Gasteiger partial charge in [0.25, 0.3) is 5.91 Å². The van der Waals surface area contributed by atoms with Crippen LogP contribution in [0, 0.1) is 0 Å². The number of aliphatic hydroxyl groups excluding tert-OH is 1. The van der Waals surface area contributed by atoms with Gasteiger partial charge in [-0.05, 0) is 61.4 Å². The fraction of sp³-hybridized carbons (Fsp3) is 0.368. The van der Waals surface area contributed by atoms with Crippen LogP contribution in [-0.2, 0) is 29.1 Å². The minimum absolute atomic E-state index is 0.0406. The first-order chi connectivity index (χ1) is 25.2. The van der Waals surface area contributed by atoms with Crippen LogP contribution in [0.2, 0.25) is 0 Å². The molecule has 2 fully saturated rings. The number of furan rings is 1. The number of sulfonamides is 1. The van der Waals surface area contributed by atoms with Crippen molar-refractivity contribution < 1.29 is 41.7 Å². The number of aliphatic hydroxyl groups is 1. The Morgan fingerprint density at radius 2 is 1.75 bits per heavy atom. The van der Waals surface area contributed by atoms with Crippen molar-refractivity contribution in [1.29, 1.82) is 0 Å². The number of likely N-dealkylation sites (tertiary alicyclic amines) is 1. The first-order valence-electron chi connectivity index (χ1n) is 17.3. The van der Waals surface area contributed by atoms with Crippen LogP contribution in [0.15, 0.2) is 106 Å². The number of nitrogens with zero attached hydrogens (tertiary/aromatic N) is 3. The summed E-state index contributed by atoms with van der Waals surface area (Å²) in [5.74, 6) is -0.0126. The molecule has 4 heterocycles. The van der Waals surface area contributed by atoms with Crippen LogP contribution in [0.5, 0.6) is 5.75 Å². The number of carbonyl (C=O) groups excluding carboxylic acids is 2. The van der Waals surface area contributed by atoms with Crippen molar-refractivity contribution in [2.24, 2.45) is 0 Å². The van der Waals surface area contributed by atoms with E-state index in [0.29, 0.717) is 50.4 Å². The van der Waals surface area contributed by atoms with E-state index in [1.54, 1.807) is 29.4 Å². The zero-order valence-electron chi connectivity index (χ0n) is 28.8. The van der Waals surface area contributed by atoms with Gasteiger partial charge in [0.05, 0.1) is 38.2 Å². The molecule has 1 aromatic heterocycles. The SMILES string of the molecule is COc1ccc(S(=O)(=O)N(CCO)CCO[C@H]2C[C@@H](c3coc4ccccc34)C=C(C(=O)N3CCC4(CC3)C(=O)NCN4c3ccccc3)O2)cc1. The highest BCUT2D eigenvalue weighted by molar-refractivity contribution is 7.89. The molecule has 2 saturated heterocycles. The Morgan fingerprint density at radius 3 is 2.48 bits per heavy atom. The maximum Gasteiger partial charge on any atom is 0.288 e. The maximum absolute atomic E-state index is 14.1. The van der Waals surface area contributed by atoms with E-state index in [2.05, 4.69) is 10.2 Å². The van der Waals surface area contributed by atoms with Crippen LogP contribution >= 0.6 is 0 Å². The predicted molar refractivity (Wildman–Crippen MR) is 192 cm³/mol. The number of rotatable bonds is 12. The van der Waals surface area contributed by atoms with Gasteiger partial charge in [-0.2, -0.15) is 4.31 Å². The Balaban J connectivity index is 1.07. The zero-order chi connectivity index (χ0) is 36.3. The Morgan fingerprint density at radius 1 is 1.02 bits per heavy atom. The predicted octanol–water partition coefficient (Wildman–Crippen LogP) is 3.81. The van der Waals surface area contributed by atoms with E-state index in [9.17, 15) is 23.1 Å². The summed E-state index contributed by atoms with van der Waals surface area (Å²) in [6, 6.07) is 23.5. The second kappa shape index (κ2) is 15.0. The first kappa shape index (κ1) is 35.5. The standard InChI is InChI=1S/C38H42N4O9S/c1-48-29-11-13-30(14-12-29)52(46,47)41(19-21-43)20-22-49-35-24-27(32-25-50-33-10-6-5-9-31(32)33)23-34(51-35)36(44)40-17-15-38(16-18-40)37(45)39-26-42(38)28-7-3-2-4-8-28/h2-14,23,25,27,35,43H,15-22,24,26H2,1H3,(H,39,45)/t27-,35+/m0/s1. The highest BCUT2D eigenvalue weighted by Gasteiger charge is 2.51. The lowest BCUT2D eigenvalue weighted by Gasteiger charge is -2.43. The summed E-state index contributed by atoms with van der Waals surface area (Å²) in [5.41, 5.74) is 1.78. The molecule has 4 aromatic rings. The molecule has 7 rings (SSSR count). The number of piperidine rings is 1. The fourth-order valence-electron chi connectivity index (χ4n) is 7.33. The molecule has 274 valence electrons. The minimum Gasteiger partial charge on any atom is -0.497 e. The lowest BCUT2D eigenvalue weighted by molar-refractivity contribution is -0.154. The topological polar surface area (TPSA) is 151 Å². The monoisotopic (exact) mass is 730 g/mol. The summed E-state index contributed by atoms with van der Waals surface area (Å²) in [7, 11) is -2.46. The molecule has 52 heavy (non-hydrogen) atoms. The van der Waals surface area contributed by atoms with Crippen molar-refractivity contribution in [3.8, 4) is 5.75 Å². The molecule has 2 N–H and O–H groups in total. The molecule has 0 radical (unpaired) electrons. The number of ether oxygens (including phenoxy) is 3. The van der Waals surface area contributed by atoms with Gasteiger partial charge < -0.3 is 38.9 Å². The molecular weight excluding hydrogens is 689 g/mol. The number of hydrogen-bond donors (Lipinski definition) is 2. The summed E-state index contributed by atoms with van der Waals surface area (Å²) in [4.78, 5) is 31.2. The molecule has 0 aliphatic carbocycles. The Labute approximate surface area is 302 Å². The minimum atomic E-state index is -3.96.